The highest BCUT2D eigenvalue weighted by atomic mass is 32.2. The molecule has 1 aliphatic rings. The Bertz CT molecular complexity index is 331. The molecule has 1 aromatic carbocycles. The van der Waals surface area contributed by atoms with Gasteiger partial charge in [0.05, 0.1) is 0 Å². The van der Waals surface area contributed by atoms with Crippen molar-refractivity contribution in [2.45, 2.75) is 26.3 Å². The number of aryl methyl sites for hydroxylation is 1. The fourth-order valence-electron chi connectivity index (χ4n) is 2.27. The van der Waals surface area contributed by atoms with E-state index >= 15 is 0 Å². The van der Waals surface area contributed by atoms with Gasteiger partial charge in [0, 0.05) is 6.04 Å². The van der Waals surface area contributed by atoms with Gasteiger partial charge in [0.25, 0.3) is 0 Å². The first-order chi connectivity index (χ1) is 7.77. The van der Waals surface area contributed by atoms with Crippen LogP contribution in [-0.4, -0.2) is 18.1 Å². The zero-order valence-electron chi connectivity index (χ0n) is 10.2. The third-order valence-corrected chi connectivity index (χ3v) is 4.62. The van der Waals surface area contributed by atoms with Crippen molar-refractivity contribution in [1.29, 1.82) is 0 Å². The Balaban J connectivity index is 1.87. The predicted octanol–water partition coefficient (Wildman–Crippen LogP) is 3.40. The van der Waals surface area contributed by atoms with Crippen molar-refractivity contribution in [1.82, 2.24) is 5.32 Å². The monoisotopic (exact) mass is 235 g/mol. The van der Waals surface area contributed by atoms with Crippen molar-refractivity contribution in [3.05, 3.63) is 35.4 Å². The zero-order chi connectivity index (χ0) is 11.4. The van der Waals surface area contributed by atoms with E-state index in [1.807, 2.05) is 0 Å². The first kappa shape index (κ1) is 12.0. The van der Waals surface area contributed by atoms with Gasteiger partial charge in [0.15, 0.2) is 0 Å². The number of nitrogens with one attached hydrogen (secondary N) is 1. The molecule has 0 spiro atoms. The van der Waals surface area contributed by atoms with E-state index in [1.54, 1.807) is 0 Å². The standard InChI is InChI=1S/C14H21NS/c1-11-5-3-4-6-14(11)12(2)15-9-13-7-8-16-10-13/h3-6,12-13,15H,7-10H2,1-2H3/t12-,13?/m0/s1. The minimum Gasteiger partial charge on any atom is -0.310 e. The highest BCUT2D eigenvalue weighted by molar-refractivity contribution is 7.99. The summed E-state index contributed by atoms with van der Waals surface area (Å²) in [4.78, 5) is 0. The molecule has 1 nitrogen and oxygen atoms in total. The third-order valence-electron chi connectivity index (χ3n) is 3.39. The van der Waals surface area contributed by atoms with Gasteiger partial charge >= 0.3 is 0 Å². The average molecular weight is 235 g/mol. The van der Waals surface area contributed by atoms with Crippen LogP contribution in [0.15, 0.2) is 24.3 Å². The Morgan fingerprint density at radius 3 is 2.94 bits per heavy atom. The molecule has 0 bridgehead atoms. The zero-order valence-corrected chi connectivity index (χ0v) is 11.0. The SMILES string of the molecule is Cc1ccccc1[C@H](C)NCC1CCSC1. The molecular weight excluding hydrogens is 214 g/mol. The molecule has 0 amide bonds. The third kappa shape index (κ3) is 3.02. The molecule has 1 heterocycles. The molecule has 0 radical (unpaired) electrons. The number of thioether (sulfide) groups is 1. The van der Waals surface area contributed by atoms with Crippen LogP contribution in [0.5, 0.6) is 0 Å². The lowest BCUT2D eigenvalue weighted by Gasteiger charge is -2.18. The molecule has 1 unspecified atom stereocenters. The highest BCUT2D eigenvalue weighted by Crippen LogP contribution is 2.24. The van der Waals surface area contributed by atoms with E-state index in [1.165, 1.54) is 35.6 Å². The number of benzene rings is 1. The van der Waals surface area contributed by atoms with Gasteiger partial charge in [-0.3, -0.25) is 0 Å². The average Bonchev–Trinajstić information content (AvgIpc) is 2.79. The molecule has 2 heteroatoms. The lowest BCUT2D eigenvalue weighted by Crippen LogP contribution is -2.26. The Kier molecular flexibility index (Phi) is 4.30. The molecule has 1 aromatic rings. The second-order valence-electron chi connectivity index (χ2n) is 4.72. The van der Waals surface area contributed by atoms with Gasteiger partial charge in [-0.15, -0.1) is 0 Å². The van der Waals surface area contributed by atoms with E-state index in [0.29, 0.717) is 6.04 Å². The summed E-state index contributed by atoms with van der Waals surface area (Å²) in [6.07, 6.45) is 1.39. The van der Waals surface area contributed by atoms with Crippen LogP contribution in [0.1, 0.15) is 30.5 Å². The molecule has 1 aliphatic heterocycles. The van der Waals surface area contributed by atoms with E-state index in [2.05, 4.69) is 55.2 Å². The lowest BCUT2D eigenvalue weighted by atomic mass is 10.0. The van der Waals surface area contributed by atoms with Crippen LogP contribution < -0.4 is 5.32 Å². The summed E-state index contributed by atoms with van der Waals surface area (Å²) < 4.78 is 0. The van der Waals surface area contributed by atoms with Gasteiger partial charge < -0.3 is 5.32 Å². The fraction of sp³-hybridized carbons (Fsp3) is 0.571. The summed E-state index contributed by atoms with van der Waals surface area (Å²) in [6, 6.07) is 9.15. The summed E-state index contributed by atoms with van der Waals surface area (Å²) in [5.41, 5.74) is 2.83. The van der Waals surface area contributed by atoms with Crippen molar-refractivity contribution in [2.75, 3.05) is 18.1 Å². The van der Waals surface area contributed by atoms with Gasteiger partial charge in [0.2, 0.25) is 0 Å². The predicted molar refractivity (Wildman–Crippen MR) is 73.0 cm³/mol. The molecule has 2 rings (SSSR count). The van der Waals surface area contributed by atoms with E-state index in [4.69, 9.17) is 0 Å². The highest BCUT2D eigenvalue weighted by Gasteiger charge is 2.16. The van der Waals surface area contributed by atoms with Gasteiger partial charge in [-0.25, -0.2) is 0 Å². The molecule has 2 atom stereocenters. The van der Waals surface area contributed by atoms with Crippen LogP contribution in [0.25, 0.3) is 0 Å². The van der Waals surface area contributed by atoms with E-state index in [9.17, 15) is 0 Å². The Morgan fingerprint density at radius 2 is 2.25 bits per heavy atom. The number of rotatable bonds is 4. The maximum atomic E-state index is 3.67. The Hall–Kier alpha value is -0.470. The minimum atomic E-state index is 0.479. The summed E-state index contributed by atoms with van der Waals surface area (Å²) in [5, 5.41) is 3.67. The minimum absolute atomic E-state index is 0.479. The van der Waals surface area contributed by atoms with Crippen molar-refractivity contribution in [3.8, 4) is 0 Å². The number of hydrogen-bond donors (Lipinski definition) is 1. The van der Waals surface area contributed by atoms with E-state index in [0.717, 1.165) is 5.92 Å². The maximum absolute atomic E-state index is 3.67. The normalized spacial score (nSPS) is 22.2. The van der Waals surface area contributed by atoms with Crippen molar-refractivity contribution < 1.29 is 0 Å². The Morgan fingerprint density at radius 1 is 1.44 bits per heavy atom. The Labute approximate surface area is 103 Å². The smallest absolute Gasteiger partial charge is 0.0294 e. The molecule has 1 N–H and O–H groups in total. The molecular formula is C14H21NS. The summed E-state index contributed by atoms with van der Waals surface area (Å²) in [5.74, 6) is 3.58. The summed E-state index contributed by atoms with van der Waals surface area (Å²) >= 11 is 2.09. The largest absolute Gasteiger partial charge is 0.310 e. The van der Waals surface area contributed by atoms with Crippen molar-refractivity contribution in [3.63, 3.8) is 0 Å². The van der Waals surface area contributed by atoms with Gasteiger partial charge in [0.1, 0.15) is 0 Å². The van der Waals surface area contributed by atoms with Crippen LogP contribution in [0.3, 0.4) is 0 Å². The fourth-order valence-corrected chi connectivity index (χ4v) is 3.55. The first-order valence-electron chi connectivity index (χ1n) is 6.14. The van der Waals surface area contributed by atoms with Crippen LogP contribution in [0.4, 0.5) is 0 Å². The maximum Gasteiger partial charge on any atom is 0.0294 e. The summed E-state index contributed by atoms with van der Waals surface area (Å²) in [6.45, 7) is 5.63. The van der Waals surface area contributed by atoms with Crippen molar-refractivity contribution >= 4 is 11.8 Å². The topological polar surface area (TPSA) is 12.0 Å². The second kappa shape index (κ2) is 5.74. The van der Waals surface area contributed by atoms with E-state index in [-0.39, 0.29) is 0 Å². The first-order valence-corrected chi connectivity index (χ1v) is 7.29. The quantitative estimate of drug-likeness (QED) is 0.858. The van der Waals surface area contributed by atoms with Crippen molar-refractivity contribution in [2.24, 2.45) is 5.92 Å². The number of hydrogen-bond acceptors (Lipinski definition) is 2. The molecule has 88 valence electrons. The summed E-state index contributed by atoms with van der Waals surface area (Å²) in [7, 11) is 0. The van der Waals surface area contributed by atoms with Crippen LogP contribution in [-0.2, 0) is 0 Å². The van der Waals surface area contributed by atoms with Crippen LogP contribution >= 0.6 is 11.8 Å². The second-order valence-corrected chi connectivity index (χ2v) is 5.87. The molecule has 16 heavy (non-hydrogen) atoms. The van der Waals surface area contributed by atoms with Gasteiger partial charge in [-0.05, 0) is 55.4 Å². The molecule has 1 fully saturated rings. The van der Waals surface area contributed by atoms with Gasteiger partial charge in [-0.2, -0.15) is 11.8 Å². The van der Waals surface area contributed by atoms with Crippen LogP contribution in [0, 0.1) is 12.8 Å². The van der Waals surface area contributed by atoms with Crippen LogP contribution in [0.2, 0.25) is 0 Å². The van der Waals surface area contributed by atoms with E-state index < -0.39 is 0 Å². The molecule has 0 saturated carbocycles. The van der Waals surface area contributed by atoms with Gasteiger partial charge in [-0.1, -0.05) is 24.3 Å². The molecule has 0 aliphatic carbocycles. The lowest BCUT2D eigenvalue weighted by molar-refractivity contribution is 0.476. The molecule has 1 saturated heterocycles. The molecule has 0 aromatic heterocycles.